The number of nitrogens with one attached hydrogen (secondary N) is 1. The number of anilines is 1. The fraction of sp³-hybridized carbons (Fsp3) is 0.429. The van der Waals surface area contributed by atoms with Gasteiger partial charge in [-0.05, 0) is 42.2 Å². The van der Waals surface area contributed by atoms with Gasteiger partial charge in [-0.25, -0.2) is 0 Å². The molecule has 0 saturated heterocycles. The zero-order valence-electron chi connectivity index (χ0n) is 11.0. The first-order valence-corrected chi connectivity index (χ1v) is 7.80. The van der Waals surface area contributed by atoms with Crippen LogP contribution in [0.4, 0.5) is 5.82 Å². The number of H-pyrrole nitrogens is 1. The first-order valence-electron chi connectivity index (χ1n) is 6.92. The number of hydrogen-bond donors (Lipinski definition) is 2. The highest BCUT2D eigenvalue weighted by Gasteiger charge is 2.42. The predicted octanol–water partition coefficient (Wildman–Crippen LogP) is 2.20. The number of aromatic amines is 1. The van der Waals surface area contributed by atoms with Gasteiger partial charge in [0, 0.05) is 17.5 Å². The smallest absolute Gasteiger partial charge is 0.272 e. The summed E-state index contributed by atoms with van der Waals surface area (Å²) >= 11 is 1.81. The zero-order valence-corrected chi connectivity index (χ0v) is 11.8. The van der Waals surface area contributed by atoms with Crippen LogP contribution in [0.2, 0.25) is 0 Å². The first kappa shape index (κ1) is 12.0. The standard InChI is InChI=1S/C14H16N4OS/c15-12-7-10(16-17-12)14(19)18-5-3-11-9(4-6-20-11)13(18)8-1-2-8/h4,6-8,13H,1-3,5H2,(H3,15,16,17). The van der Waals surface area contributed by atoms with Crippen LogP contribution < -0.4 is 5.73 Å². The number of nitrogen functional groups attached to an aromatic ring is 1. The van der Waals surface area contributed by atoms with Crippen LogP contribution in [0.5, 0.6) is 0 Å². The van der Waals surface area contributed by atoms with E-state index in [4.69, 9.17) is 5.73 Å². The largest absolute Gasteiger partial charge is 0.382 e. The number of nitrogens with two attached hydrogens (primary N) is 1. The Balaban J connectivity index is 1.69. The molecule has 1 unspecified atom stereocenters. The third-order valence-corrected chi connectivity index (χ3v) is 5.17. The molecule has 1 aliphatic carbocycles. The molecule has 4 rings (SSSR count). The number of thiophene rings is 1. The van der Waals surface area contributed by atoms with Crippen molar-refractivity contribution in [3.63, 3.8) is 0 Å². The molecule has 3 N–H and O–H groups in total. The molecule has 0 bridgehead atoms. The summed E-state index contributed by atoms with van der Waals surface area (Å²) in [7, 11) is 0. The molecular weight excluding hydrogens is 272 g/mol. The summed E-state index contributed by atoms with van der Waals surface area (Å²) in [5, 5.41) is 8.74. The van der Waals surface area contributed by atoms with Crippen molar-refractivity contribution in [1.29, 1.82) is 0 Å². The topological polar surface area (TPSA) is 75.0 Å². The Morgan fingerprint density at radius 1 is 1.50 bits per heavy atom. The van der Waals surface area contributed by atoms with Gasteiger partial charge in [-0.15, -0.1) is 11.3 Å². The lowest BCUT2D eigenvalue weighted by Crippen LogP contribution is -2.40. The maximum absolute atomic E-state index is 12.7. The van der Waals surface area contributed by atoms with Crippen molar-refractivity contribution in [2.45, 2.75) is 25.3 Å². The molecule has 0 spiro atoms. The van der Waals surface area contributed by atoms with E-state index in [2.05, 4.69) is 21.6 Å². The highest BCUT2D eigenvalue weighted by molar-refractivity contribution is 7.10. The Bertz CT molecular complexity index is 658. The van der Waals surface area contributed by atoms with Crippen LogP contribution in [0.1, 0.15) is 39.8 Å². The van der Waals surface area contributed by atoms with E-state index >= 15 is 0 Å². The van der Waals surface area contributed by atoms with Gasteiger partial charge in [0.1, 0.15) is 11.5 Å². The minimum Gasteiger partial charge on any atom is -0.382 e. The first-order chi connectivity index (χ1) is 9.74. The second-order valence-corrected chi connectivity index (χ2v) is 6.54. The number of hydrogen-bond acceptors (Lipinski definition) is 4. The Morgan fingerprint density at radius 2 is 2.35 bits per heavy atom. The summed E-state index contributed by atoms with van der Waals surface area (Å²) < 4.78 is 0. The molecule has 6 heteroatoms. The fourth-order valence-electron chi connectivity index (χ4n) is 3.10. The molecule has 20 heavy (non-hydrogen) atoms. The minimum atomic E-state index is 0.0166. The van der Waals surface area contributed by atoms with Gasteiger partial charge in [-0.2, -0.15) is 5.10 Å². The molecule has 1 saturated carbocycles. The average Bonchev–Trinajstić information content (AvgIpc) is 3.00. The summed E-state index contributed by atoms with van der Waals surface area (Å²) in [6.07, 6.45) is 3.38. The molecule has 3 heterocycles. The molecule has 1 aliphatic heterocycles. The van der Waals surface area contributed by atoms with Crippen LogP contribution in [-0.2, 0) is 6.42 Å². The second-order valence-electron chi connectivity index (χ2n) is 5.54. The number of nitrogens with zero attached hydrogens (tertiary/aromatic N) is 2. The Labute approximate surface area is 120 Å². The van der Waals surface area contributed by atoms with Crippen molar-refractivity contribution in [3.05, 3.63) is 33.6 Å². The summed E-state index contributed by atoms with van der Waals surface area (Å²) in [5.41, 5.74) is 7.45. The van der Waals surface area contributed by atoms with E-state index in [1.54, 1.807) is 6.07 Å². The molecule has 1 fully saturated rings. The lowest BCUT2D eigenvalue weighted by Gasteiger charge is -2.36. The molecule has 2 aliphatic rings. The average molecular weight is 288 g/mol. The number of carbonyl (C=O) groups is 1. The molecule has 5 nitrogen and oxygen atoms in total. The van der Waals surface area contributed by atoms with E-state index < -0.39 is 0 Å². The zero-order chi connectivity index (χ0) is 13.7. The van der Waals surface area contributed by atoms with Gasteiger partial charge in [-0.3, -0.25) is 9.89 Å². The van der Waals surface area contributed by atoms with Gasteiger partial charge >= 0.3 is 0 Å². The Hall–Kier alpha value is -1.82. The normalized spacial score (nSPS) is 21.8. The molecule has 1 atom stereocenters. The number of fused-ring (bicyclic) bond motifs is 1. The van der Waals surface area contributed by atoms with Crippen LogP contribution in [0, 0.1) is 5.92 Å². The van der Waals surface area contributed by atoms with Gasteiger partial charge in [0.15, 0.2) is 0 Å². The van der Waals surface area contributed by atoms with Crippen molar-refractivity contribution in [1.82, 2.24) is 15.1 Å². The molecular formula is C14H16N4OS. The van der Waals surface area contributed by atoms with Gasteiger partial charge < -0.3 is 10.6 Å². The van der Waals surface area contributed by atoms with E-state index in [0.29, 0.717) is 17.4 Å². The number of carbonyl (C=O) groups excluding carboxylic acids is 1. The summed E-state index contributed by atoms with van der Waals surface area (Å²) in [6, 6.07) is 4.04. The molecule has 104 valence electrons. The van der Waals surface area contributed by atoms with Crippen LogP contribution in [0.3, 0.4) is 0 Å². The van der Waals surface area contributed by atoms with E-state index in [1.807, 2.05) is 16.2 Å². The van der Waals surface area contributed by atoms with Crippen LogP contribution in [0.25, 0.3) is 0 Å². The lowest BCUT2D eigenvalue weighted by molar-refractivity contribution is 0.0631. The van der Waals surface area contributed by atoms with Gasteiger partial charge in [0.2, 0.25) is 0 Å². The van der Waals surface area contributed by atoms with Crippen molar-refractivity contribution >= 4 is 23.1 Å². The van der Waals surface area contributed by atoms with E-state index in [9.17, 15) is 4.79 Å². The van der Waals surface area contributed by atoms with Crippen LogP contribution >= 0.6 is 11.3 Å². The SMILES string of the molecule is Nc1cc(C(=O)N2CCc3sccc3C2C2CC2)[nH]n1. The lowest BCUT2D eigenvalue weighted by atomic mass is 9.95. The highest BCUT2D eigenvalue weighted by Crippen LogP contribution is 2.48. The number of aromatic nitrogens is 2. The maximum Gasteiger partial charge on any atom is 0.272 e. The van der Waals surface area contributed by atoms with Crippen LogP contribution in [0.15, 0.2) is 17.5 Å². The molecule has 2 aromatic heterocycles. The van der Waals surface area contributed by atoms with Crippen molar-refractivity contribution in [2.75, 3.05) is 12.3 Å². The third-order valence-electron chi connectivity index (χ3n) is 4.17. The van der Waals surface area contributed by atoms with E-state index in [1.165, 1.54) is 23.3 Å². The number of amides is 1. The van der Waals surface area contributed by atoms with E-state index in [0.717, 1.165) is 13.0 Å². The maximum atomic E-state index is 12.7. The molecule has 0 aromatic carbocycles. The molecule has 0 radical (unpaired) electrons. The van der Waals surface area contributed by atoms with Crippen molar-refractivity contribution < 1.29 is 4.79 Å². The summed E-state index contributed by atoms with van der Waals surface area (Å²) in [6.45, 7) is 0.784. The van der Waals surface area contributed by atoms with Gasteiger partial charge in [-0.1, -0.05) is 0 Å². The predicted molar refractivity (Wildman–Crippen MR) is 77.5 cm³/mol. The summed E-state index contributed by atoms with van der Waals surface area (Å²) in [5.74, 6) is 1.00. The monoisotopic (exact) mass is 288 g/mol. The Kier molecular flexibility index (Phi) is 2.60. The quantitative estimate of drug-likeness (QED) is 0.889. The second kappa shape index (κ2) is 4.34. The van der Waals surface area contributed by atoms with Crippen molar-refractivity contribution in [3.8, 4) is 0 Å². The Morgan fingerprint density at radius 3 is 3.05 bits per heavy atom. The molecule has 2 aromatic rings. The summed E-state index contributed by atoms with van der Waals surface area (Å²) in [4.78, 5) is 16.1. The highest BCUT2D eigenvalue weighted by atomic mass is 32.1. The minimum absolute atomic E-state index is 0.0166. The van der Waals surface area contributed by atoms with Gasteiger partial charge in [0.05, 0.1) is 6.04 Å². The molecule has 1 amide bonds. The third kappa shape index (κ3) is 1.83. The van der Waals surface area contributed by atoms with Gasteiger partial charge in [0.25, 0.3) is 5.91 Å². The number of rotatable bonds is 2. The van der Waals surface area contributed by atoms with Crippen molar-refractivity contribution in [2.24, 2.45) is 5.92 Å². The fourth-order valence-corrected chi connectivity index (χ4v) is 4.01. The van der Waals surface area contributed by atoms with Crippen LogP contribution in [-0.4, -0.2) is 27.5 Å². The van der Waals surface area contributed by atoms with E-state index in [-0.39, 0.29) is 11.9 Å².